The molecule has 1 N–H and O–H groups in total. The van der Waals surface area contributed by atoms with Gasteiger partial charge in [0.05, 0.1) is 18.4 Å². The van der Waals surface area contributed by atoms with Crippen molar-refractivity contribution in [3.8, 4) is 17.2 Å². The normalized spacial score (nSPS) is 10.8. The molecule has 0 radical (unpaired) electrons. The highest BCUT2D eigenvalue weighted by atomic mass is 32.2. The third-order valence-electron chi connectivity index (χ3n) is 3.71. The molecule has 0 saturated heterocycles. The molecule has 0 aliphatic rings. The molecule has 0 amide bonds. The molecular formula is C18H19N3O3S. The van der Waals surface area contributed by atoms with Crippen LogP contribution in [0.25, 0.3) is 11.5 Å². The van der Waals surface area contributed by atoms with Crippen LogP contribution in [0.5, 0.6) is 5.75 Å². The van der Waals surface area contributed by atoms with Crippen LogP contribution in [0.15, 0.2) is 44.7 Å². The third-order valence-corrected chi connectivity index (χ3v) is 4.60. The fraction of sp³-hybridized carbons (Fsp3) is 0.278. The minimum absolute atomic E-state index is 0.138. The van der Waals surface area contributed by atoms with E-state index in [1.54, 1.807) is 7.11 Å². The Balaban J connectivity index is 1.82. The SMILES string of the molecule is CCc1cc(=O)[nH]c(SCc2nc(-c3ccccc3OC)oc2C)n1. The number of aromatic nitrogens is 3. The average molecular weight is 357 g/mol. The molecule has 0 fully saturated rings. The number of thioether (sulfide) groups is 1. The number of oxazole rings is 1. The van der Waals surface area contributed by atoms with E-state index in [0.717, 1.165) is 29.1 Å². The summed E-state index contributed by atoms with van der Waals surface area (Å²) in [7, 11) is 1.62. The lowest BCUT2D eigenvalue weighted by Crippen LogP contribution is -2.09. The van der Waals surface area contributed by atoms with Crippen molar-refractivity contribution in [2.24, 2.45) is 0 Å². The van der Waals surface area contributed by atoms with Gasteiger partial charge in [-0.1, -0.05) is 30.8 Å². The van der Waals surface area contributed by atoms with Crippen molar-refractivity contribution in [3.63, 3.8) is 0 Å². The van der Waals surface area contributed by atoms with Crippen LogP contribution in [0, 0.1) is 6.92 Å². The Morgan fingerprint density at radius 2 is 2.08 bits per heavy atom. The number of rotatable bonds is 6. The number of nitrogens with zero attached hydrogens (tertiary/aromatic N) is 2. The molecule has 1 aromatic carbocycles. The van der Waals surface area contributed by atoms with Gasteiger partial charge in [0.2, 0.25) is 5.89 Å². The molecule has 0 saturated carbocycles. The second-order valence-corrected chi connectivity index (χ2v) is 6.37. The zero-order chi connectivity index (χ0) is 17.8. The van der Waals surface area contributed by atoms with E-state index in [1.807, 2.05) is 38.1 Å². The van der Waals surface area contributed by atoms with Gasteiger partial charge in [-0.25, -0.2) is 9.97 Å². The van der Waals surface area contributed by atoms with Crippen LogP contribution >= 0.6 is 11.8 Å². The third kappa shape index (κ3) is 3.93. The highest BCUT2D eigenvalue weighted by Gasteiger charge is 2.15. The Bertz CT molecular complexity index is 933. The van der Waals surface area contributed by atoms with E-state index in [4.69, 9.17) is 9.15 Å². The zero-order valence-corrected chi connectivity index (χ0v) is 15.1. The van der Waals surface area contributed by atoms with Gasteiger partial charge in [0.25, 0.3) is 5.56 Å². The number of methoxy groups -OCH3 is 1. The second-order valence-electron chi connectivity index (χ2n) is 5.41. The van der Waals surface area contributed by atoms with E-state index >= 15 is 0 Å². The van der Waals surface area contributed by atoms with E-state index in [2.05, 4.69) is 15.0 Å². The second kappa shape index (κ2) is 7.57. The summed E-state index contributed by atoms with van der Waals surface area (Å²) in [5.74, 6) is 2.53. The number of hydrogen-bond acceptors (Lipinski definition) is 6. The maximum Gasteiger partial charge on any atom is 0.251 e. The van der Waals surface area contributed by atoms with Gasteiger partial charge in [0.15, 0.2) is 5.16 Å². The first-order chi connectivity index (χ1) is 12.1. The fourth-order valence-electron chi connectivity index (χ4n) is 2.37. The Kier molecular flexibility index (Phi) is 5.23. The highest BCUT2D eigenvalue weighted by molar-refractivity contribution is 7.98. The first kappa shape index (κ1) is 17.3. The Morgan fingerprint density at radius 3 is 2.84 bits per heavy atom. The van der Waals surface area contributed by atoms with Crippen molar-refractivity contribution in [2.75, 3.05) is 7.11 Å². The van der Waals surface area contributed by atoms with E-state index in [9.17, 15) is 4.79 Å². The Hall–Kier alpha value is -2.54. The molecule has 7 heteroatoms. The van der Waals surface area contributed by atoms with Crippen molar-refractivity contribution in [1.82, 2.24) is 15.0 Å². The van der Waals surface area contributed by atoms with Gasteiger partial charge in [0.1, 0.15) is 11.5 Å². The molecule has 3 aromatic rings. The molecule has 0 aliphatic carbocycles. The van der Waals surface area contributed by atoms with E-state index in [0.29, 0.717) is 22.5 Å². The molecule has 2 aromatic heterocycles. The first-order valence-corrected chi connectivity index (χ1v) is 8.92. The van der Waals surface area contributed by atoms with E-state index < -0.39 is 0 Å². The van der Waals surface area contributed by atoms with Crippen LogP contribution in [0.3, 0.4) is 0 Å². The van der Waals surface area contributed by atoms with Crippen molar-refractivity contribution < 1.29 is 9.15 Å². The maximum atomic E-state index is 11.7. The number of aromatic amines is 1. The van der Waals surface area contributed by atoms with Crippen LogP contribution < -0.4 is 10.3 Å². The lowest BCUT2D eigenvalue weighted by molar-refractivity contribution is 0.414. The highest BCUT2D eigenvalue weighted by Crippen LogP contribution is 2.31. The molecule has 130 valence electrons. The molecule has 0 unspecified atom stereocenters. The fourth-order valence-corrected chi connectivity index (χ4v) is 3.26. The summed E-state index contributed by atoms with van der Waals surface area (Å²) in [6, 6.07) is 9.11. The largest absolute Gasteiger partial charge is 0.496 e. The lowest BCUT2D eigenvalue weighted by atomic mass is 10.2. The van der Waals surface area contributed by atoms with Crippen LogP contribution in [0.1, 0.15) is 24.1 Å². The zero-order valence-electron chi connectivity index (χ0n) is 14.3. The topological polar surface area (TPSA) is 81.0 Å². The van der Waals surface area contributed by atoms with Gasteiger partial charge in [0, 0.05) is 17.5 Å². The van der Waals surface area contributed by atoms with Crippen molar-refractivity contribution >= 4 is 11.8 Å². The number of benzene rings is 1. The van der Waals surface area contributed by atoms with E-state index in [-0.39, 0.29) is 5.56 Å². The van der Waals surface area contributed by atoms with E-state index in [1.165, 1.54) is 17.8 Å². The summed E-state index contributed by atoms with van der Waals surface area (Å²) < 4.78 is 11.2. The quantitative estimate of drug-likeness (QED) is 0.536. The van der Waals surface area contributed by atoms with Crippen molar-refractivity contribution in [1.29, 1.82) is 0 Å². The van der Waals surface area contributed by atoms with Gasteiger partial charge >= 0.3 is 0 Å². The molecule has 6 nitrogen and oxygen atoms in total. The van der Waals surface area contributed by atoms with Crippen molar-refractivity contribution in [2.45, 2.75) is 31.2 Å². The predicted molar refractivity (Wildman–Crippen MR) is 97.0 cm³/mol. The predicted octanol–water partition coefficient (Wildman–Crippen LogP) is 3.60. The average Bonchev–Trinajstić information content (AvgIpc) is 3.00. The summed E-state index contributed by atoms with van der Waals surface area (Å²) in [5.41, 5.74) is 2.26. The monoisotopic (exact) mass is 357 g/mol. The Labute approximate surface area is 149 Å². The molecule has 0 aliphatic heterocycles. The first-order valence-electron chi connectivity index (χ1n) is 7.93. The van der Waals surface area contributed by atoms with Gasteiger partial charge in [-0.2, -0.15) is 0 Å². The number of ether oxygens (including phenoxy) is 1. The number of hydrogen-bond donors (Lipinski definition) is 1. The molecule has 3 rings (SSSR count). The van der Waals surface area contributed by atoms with Crippen molar-refractivity contribution in [3.05, 3.63) is 57.8 Å². The molecular weight excluding hydrogens is 338 g/mol. The summed E-state index contributed by atoms with van der Waals surface area (Å²) in [5, 5.41) is 0.589. The standard InChI is InChI=1S/C18H19N3O3S/c1-4-12-9-16(22)21-18(19-12)25-10-14-11(2)24-17(20-14)13-7-5-6-8-15(13)23-3/h5-9H,4,10H2,1-3H3,(H,19,21,22). The molecule has 2 heterocycles. The summed E-state index contributed by atoms with van der Waals surface area (Å²) in [6.45, 7) is 3.85. The molecule has 0 spiro atoms. The van der Waals surface area contributed by atoms with Gasteiger partial charge < -0.3 is 14.1 Å². The van der Waals surface area contributed by atoms with Crippen LogP contribution in [-0.4, -0.2) is 22.1 Å². The minimum Gasteiger partial charge on any atom is -0.496 e. The smallest absolute Gasteiger partial charge is 0.251 e. The maximum absolute atomic E-state index is 11.7. The number of aryl methyl sites for hydroxylation is 2. The number of nitrogens with one attached hydrogen (secondary N) is 1. The van der Waals surface area contributed by atoms with Crippen LogP contribution in [-0.2, 0) is 12.2 Å². The van der Waals surface area contributed by atoms with Gasteiger partial charge in [-0.15, -0.1) is 0 Å². The molecule has 0 atom stereocenters. The lowest BCUT2D eigenvalue weighted by Gasteiger charge is -2.03. The molecule has 0 bridgehead atoms. The van der Waals surface area contributed by atoms with Crippen LogP contribution in [0.4, 0.5) is 0 Å². The summed E-state index contributed by atoms with van der Waals surface area (Å²) in [6.07, 6.45) is 0.721. The van der Waals surface area contributed by atoms with Gasteiger partial charge in [-0.3, -0.25) is 4.79 Å². The summed E-state index contributed by atoms with van der Waals surface area (Å²) >= 11 is 1.43. The Morgan fingerprint density at radius 1 is 1.28 bits per heavy atom. The number of H-pyrrole nitrogens is 1. The molecule has 25 heavy (non-hydrogen) atoms. The van der Waals surface area contributed by atoms with Crippen LogP contribution in [0.2, 0.25) is 0 Å². The number of para-hydroxylation sites is 1. The minimum atomic E-state index is -0.138. The van der Waals surface area contributed by atoms with Gasteiger partial charge in [-0.05, 0) is 25.5 Å². The summed E-state index contributed by atoms with van der Waals surface area (Å²) in [4.78, 5) is 23.4.